The van der Waals surface area contributed by atoms with E-state index in [0.29, 0.717) is 5.82 Å². The molecule has 4 nitrogen and oxygen atoms in total. The topological polar surface area (TPSA) is 74.8 Å². The molecule has 20 heavy (non-hydrogen) atoms. The van der Waals surface area contributed by atoms with Crippen molar-refractivity contribution in [3.8, 4) is 0 Å². The Morgan fingerprint density at radius 1 is 1.30 bits per heavy atom. The standard InChI is InChI=1S/C16H22N4/c1-3-4-5-6-12-7-8-14-13(10-12)11(2)9-15(19-14)20-16(17)18/h7-10H,3-6H2,1-2H3,(H4,17,18,19,20). The SMILES string of the molecule is CCCCCc1ccc2nc(NC(=N)N)cc(C)c2c1. The number of pyridine rings is 1. The number of aromatic nitrogens is 1. The van der Waals surface area contributed by atoms with Gasteiger partial charge in [-0.1, -0.05) is 25.8 Å². The summed E-state index contributed by atoms with van der Waals surface area (Å²) in [6.45, 7) is 4.28. The zero-order valence-electron chi connectivity index (χ0n) is 12.2. The number of nitrogens with one attached hydrogen (secondary N) is 2. The fourth-order valence-electron chi connectivity index (χ4n) is 2.38. The van der Waals surface area contributed by atoms with E-state index in [9.17, 15) is 0 Å². The van der Waals surface area contributed by atoms with Gasteiger partial charge in [0.1, 0.15) is 5.82 Å². The summed E-state index contributed by atoms with van der Waals surface area (Å²) in [5, 5.41) is 11.2. The molecule has 0 bridgehead atoms. The number of aryl methyl sites for hydroxylation is 2. The Labute approximate surface area is 119 Å². The van der Waals surface area contributed by atoms with Crippen LogP contribution < -0.4 is 11.1 Å². The fraction of sp³-hybridized carbons (Fsp3) is 0.375. The van der Waals surface area contributed by atoms with Crippen molar-refractivity contribution < 1.29 is 0 Å². The molecule has 2 rings (SSSR count). The predicted molar refractivity (Wildman–Crippen MR) is 85.2 cm³/mol. The predicted octanol–water partition coefficient (Wildman–Crippen LogP) is 3.58. The quantitative estimate of drug-likeness (QED) is 0.441. The van der Waals surface area contributed by atoms with Crippen molar-refractivity contribution in [2.45, 2.75) is 39.5 Å². The molecule has 0 spiro atoms. The van der Waals surface area contributed by atoms with Gasteiger partial charge in [-0.15, -0.1) is 0 Å². The lowest BCUT2D eigenvalue weighted by molar-refractivity contribution is 0.718. The number of nitrogens with two attached hydrogens (primary N) is 1. The molecule has 2 aromatic rings. The summed E-state index contributed by atoms with van der Waals surface area (Å²) in [7, 11) is 0. The third-order valence-electron chi connectivity index (χ3n) is 3.41. The van der Waals surface area contributed by atoms with Gasteiger partial charge in [-0.05, 0) is 49.1 Å². The van der Waals surface area contributed by atoms with E-state index < -0.39 is 0 Å². The average molecular weight is 270 g/mol. The number of benzene rings is 1. The molecule has 4 N–H and O–H groups in total. The van der Waals surface area contributed by atoms with E-state index in [-0.39, 0.29) is 5.96 Å². The molecule has 0 fully saturated rings. The number of nitrogens with zero attached hydrogens (tertiary/aromatic N) is 1. The van der Waals surface area contributed by atoms with Crippen molar-refractivity contribution in [1.82, 2.24) is 4.98 Å². The van der Waals surface area contributed by atoms with Gasteiger partial charge < -0.3 is 11.1 Å². The molecule has 0 radical (unpaired) electrons. The third-order valence-corrected chi connectivity index (χ3v) is 3.41. The van der Waals surface area contributed by atoms with E-state index in [1.165, 1.54) is 30.2 Å². The van der Waals surface area contributed by atoms with Gasteiger partial charge in [0.2, 0.25) is 0 Å². The van der Waals surface area contributed by atoms with E-state index in [1.54, 1.807) is 0 Å². The van der Waals surface area contributed by atoms with E-state index in [4.69, 9.17) is 11.1 Å². The molecular weight excluding hydrogens is 248 g/mol. The summed E-state index contributed by atoms with van der Waals surface area (Å²) in [4.78, 5) is 4.48. The number of unbranched alkanes of at least 4 members (excludes halogenated alkanes) is 2. The molecule has 0 saturated heterocycles. The fourth-order valence-corrected chi connectivity index (χ4v) is 2.38. The van der Waals surface area contributed by atoms with Crippen LogP contribution in [0.2, 0.25) is 0 Å². The van der Waals surface area contributed by atoms with Gasteiger partial charge in [-0.25, -0.2) is 4.98 Å². The van der Waals surface area contributed by atoms with E-state index in [1.807, 2.05) is 6.07 Å². The molecule has 1 aromatic carbocycles. The van der Waals surface area contributed by atoms with Gasteiger partial charge in [0.15, 0.2) is 5.96 Å². The van der Waals surface area contributed by atoms with Crippen LogP contribution in [0, 0.1) is 12.3 Å². The minimum absolute atomic E-state index is 0.0903. The minimum atomic E-state index is -0.0903. The van der Waals surface area contributed by atoms with Crippen LogP contribution in [0.25, 0.3) is 10.9 Å². The normalized spacial score (nSPS) is 10.7. The molecule has 1 aromatic heterocycles. The molecule has 4 heteroatoms. The Hall–Kier alpha value is -2.10. The van der Waals surface area contributed by atoms with Gasteiger partial charge in [-0.2, -0.15) is 0 Å². The lowest BCUT2D eigenvalue weighted by Crippen LogP contribution is -2.21. The summed E-state index contributed by atoms with van der Waals surface area (Å²) in [6.07, 6.45) is 4.88. The zero-order chi connectivity index (χ0) is 14.5. The van der Waals surface area contributed by atoms with Crippen LogP contribution in [0.1, 0.15) is 37.3 Å². The van der Waals surface area contributed by atoms with Crippen molar-refractivity contribution in [3.63, 3.8) is 0 Å². The first-order valence-corrected chi connectivity index (χ1v) is 7.11. The molecular formula is C16H22N4. The summed E-state index contributed by atoms with van der Waals surface area (Å²) >= 11 is 0. The average Bonchev–Trinajstić information content (AvgIpc) is 2.39. The van der Waals surface area contributed by atoms with Gasteiger partial charge >= 0.3 is 0 Å². The van der Waals surface area contributed by atoms with Gasteiger partial charge in [0, 0.05) is 5.39 Å². The molecule has 0 atom stereocenters. The molecule has 0 saturated carbocycles. The van der Waals surface area contributed by atoms with Crippen LogP contribution >= 0.6 is 0 Å². The number of guanidine groups is 1. The first kappa shape index (κ1) is 14.3. The van der Waals surface area contributed by atoms with Crippen molar-refractivity contribution in [3.05, 3.63) is 35.4 Å². The molecule has 0 unspecified atom stereocenters. The summed E-state index contributed by atoms with van der Waals surface area (Å²) in [6, 6.07) is 8.35. The highest BCUT2D eigenvalue weighted by Crippen LogP contribution is 2.22. The highest BCUT2D eigenvalue weighted by atomic mass is 15.1. The second kappa shape index (κ2) is 6.37. The Morgan fingerprint density at radius 3 is 2.80 bits per heavy atom. The van der Waals surface area contributed by atoms with Gasteiger partial charge in [0.05, 0.1) is 5.52 Å². The Morgan fingerprint density at radius 2 is 2.10 bits per heavy atom. The first-order chi connectivity index (χ1) is 9.60. The third kappa shape index (κ3) is 3.47. The van der Waals surface area contributed by atoms with Crippen LogP contribution in [0.4, 0.5) is 5.82 Å². The lowest BCUT2D eigenvalue weighted by atomic mass is 10.0. The molecule has 0 aliphatic carbocycles. The maximum absolute atomic E-state index is 7.27. The van der Waals surface area contributed by atoms with Crippen LogP contribution in [-0.4, -0.2) is 10.9 Å². The summed E-state index contributed by atoms with van der Waals surface area (Å²) in [5.74, 6) is 0.536. The van der Waals surface area contributed by atoms with Crippen LogP contribution in [0.3, 0.4) is 0 Å². The minimum Gasteiger partial charge on any atom is -0.370 e. The van der Waals surface area contributed by atoms with E-state index in [0.717, 1.165) is 17.5 Å². The number of hydrogen-bond acceptors (Lipinski definition) is 2. The highest BCUT2D eigenvalue weighted by Gasteiger charge is 2.04. The van der Waals surface area contributed by atoms with Crippen molar-refractivity contribution in [1.29, 1.82) is 5.41 Å². The number of rotatable bonds is 5. The van der Waals surface area contributed by atoms with Gasteiger partial charge in [-0.3, -0.25) is 5.41 Å². The Balaban J connectivity index is 2.29. The molecule has 1 heterocycles. The van der Waals surface area contributed by atoms with E-state index >= 15 is 0 Å². The Bertz CT molecular complexity index is 619. The smallest absolute Gasteiger partial charge is 0.191 e. The lowest BCUT2D eigenvalue weighted by Gasteiger charge is -2.09. The zero-order valence-corrected chi connectivity index (χ0v) is 12.2. The number of anilines is 1. The molecule has 106 valence electrons. The van der Waals surface area contributed by atoms with Crippen LogP contribution in [0.5, 0.6) is 0 Å². The highest BCUT2D eigenvalue weighted by molar-refractivity contribution is 5.91. The van der Waals surface area contributed by atoms with Crippen LogP contribution in [-0.2, 0) is 6.42 Å². The maximum atomic E-state index is 7.27. The van der Waals surface area contributed by atoms with Crippen molar-refractivity contribution >= 4 is 22.7 Å². The molecule has 0 aliphatic heterocycles. The molecule has 0 amide bonds. The monoisotopic (exact) mass is 270 g/mol. The van der Waals surface area contributed by atoms with Gasteiger partial charge in [0.25, 0.3) is 0 Å². The summed E-state index contributed by atoms with van der Waals surface area (Å²) in [5.41, 5.74) is 8.79. The van der Waals surface area contributed by atoms with E-state index in [2.05, 4.69) is 42.3 Å². The maximum Gasteiger partial charge on any atom is 0.191 e. The second-order valence-corrected chi connectivity index (χ2v) is 5.17. The molecule has 0 aliphatic rings. The number of hydrogen-bond donors (Lipinski definition) is 3. The number of fused-ring (bicyclic) bond motifs is 1. The Kier molecular flexibility index (Phi) is 4.56. The second-order valence-electron chi connectivity index (χ2n) is 5.17. The first-order valence-electron chi connectivity index (χ1n) is 7.11. The van der Waals surface area contributed by atoms with Crippen molar-refractivity contribution in [2.75, 3.05) is 5.32 Å². The van der Waals surface area contributed by atoms with Crippen LogP contribution in [0.15, 0.2) is 24.3 Å². The van der Waals surface area contributed by atoms with Crippen molar-refractivity contribution in [2.24, 2.45) is 5.73 Å². The summed E-state index contributed by atoms with van der Waals surface area (Å²) < 4.78 is 0. The largest absolute Gasteiger partial charge is 0.370 e.